The maximum Gasteiger partial charge on any atom is 0.509 e. The van der Waals surface area contributed by atoms with Crippen LogP contribution >= 0.6 is 0 Å². The van der Waals surface area contributed by atoms with E-state index in [-0.39, 0.29) is 18.8 Å². The van der Waals surface area contributed by atoms with Gasteiger partial charge in [-0.15, -0.1) is 0 Å². The second kappa shape index (κ2) is 18.4. The first-order valence-corrected chi connectivity index (χ1v) is 17.2. The normalized spacial score (nSPS) is 26.0. The van der Waals surface area contributed by atoms with Crippen molar-refractivity contribution in [2.75, 3.05) is 25.6 Å². The zero-order valence-electron chi connectivity index (χ0n) is 31.2. The van der Waals surface area contributed by atoms with Gasteiger partial charge in [0.05, 0.1) is 32.1 Å². The summed E-state index contributed by atoms with van der Waals surface area (Å²) >= 11 is 0. The molecule has 8 N–H and O–H groups in total. The number of hydrogen-bond acceptors (Lipinski definition) is 17. The molecule has 320 valence electrons. The molecule has 0 aromatic carbocycles. The van der Waals surface area contributed by atoms with Crippen LogP contribution in [0.25, 0.3) is 0 Å². The third-order valence-electron chi connectivity index (χ3n) is 8.27. The molecule has 6 rings (SSSR count). The van der Waals surface area contributed by atoms with Crippen LogP contribution in [0.15, 0.2) is 60.8 Å². The third-order valence-corrected chi connectivity index (χ3v) is 8.27. The van der Waals surface area contributed by atoms with Gasteiger partial charge in [0.25, 0.3) is 11.1 Å². The summed E-state index contributed by atoms with van der Waals surface area (Å²) in [7, 11) is 0. The summed E-state index contributed by atoms with van der Waals surface area (Å²) in [5.74, 6) is -5.09. The van der Waals surface area contributed by atoms with Crippen LogP contribution in [-0.4, -0.2) is 117 Å². The van der Waals surface area contributed by atoms with Crippen molar-refractivity contribution in [2.24, 2.45) is 0 Å². The van der Waals surface area contributed by atoms with Gasteiger partial charge in [-0.1, -0.05) is 6.08 Å². The number of anilines is 1. The molecule has 25 heteroatoms. The number of nitrogens with one attached hydrogen (secondary N) is 2. The van der Waals surface area contributed by atoms with Gasteiger partial charge in [0, 0.05) is 24.4 Å². The molecule has 8 atom stereocenters. The number of aromatic nitrogens is 6. The molecule has 6 heterocycles. The Morgan fingerprint density at radius 2 is 1.59 bits per heavy atom. The fourth-order valence-corrected chi connectivity index (χ4v) is 5.49. The molecule has 3 aliphatic rings. The third kappa shape index (κ3) is 10.7. The molecule has 2 fully saturated rings. The van der Waals surface area contributed by atoms with Crippen LogP contribution in [0.1, 0.15) is 51.4 Å². The molecule has 0 radical (unpaired) electrons. The lowest BCUT2D eigenvalue weighted by molar-refractivity contribution is -0.149. The number of aryl methyl sites for hydroxylation is 1. The van der Waals surface area contributed by atoms with E-state index in [9.17, 15) is 52.2 Å². The highest BCUT2D eigenvalue weighted by Crippen LogP contribution is 2.44. The Morgan fingerprint density at radius 1 is 0.948 bits per heavy atom. The van der Waals surface area contributed by atoms with Crippen molar-refractivity contribution in [3.63, 3.8) is 0 Å². The Morgan fingerprint density at radius 3 is 2.16 bits per heavy atom. The van der Waals surface area contributed by atoms with Gasteiger partial charge in [-0.05, 0) is 39.8 Å². The lowest BCUT2D eigenvalue weighted by Gasteiger charge is -2.25. The van der Waals surface area contributed by atoms with E-state index in [1.54, 1.807) is 24.1 Å². The topological polar surface area (TPSA) is 315 Å². The average Bonchev–Trinajstić information content (AvgIpc) is 3.83. The van der Waals surface area contributed by atoms with Gasteiger partial charge in [0.15, 0.2) is 6.23 Å². The predicted octanol–water partition coefficient (Wildman–Crippen LogP) is -1.72. The van der Waals surface area contributed by atoms with Gasteiger partial charge in [-0.25, -0.2) is 19.2 Å². The van der Waals surface area contributed by atoms with Crippen LogP contribution in [0.3, 0.4) is 0 Å². The molecule has 0 aliphatic carbocycles. The molecule has 8 unspecified atom stereocenters. The number of hydrogen-bond donors (Lipinski definition) is 7. The van der Waals surface area contributed by atoms with E-state index in [0.29, 0.717) is 10.1 Å². The number of H-pyrrole nitrogens is 2. The number of rotatable bonds is 7. The summed E-state index contributed by atoms with van der Waals surface area (Å²) in [4.78, 5) is 75.7. The molecule has 0 spiro atoms. The second-order valence-electron chi connectivity index (χ2n) is 13.8. The summed E-state index contributed by atoms with van der Waals surface area (Å²) in [5, 5.41) is 36.5. The standard InChI is InChI=1S/C14H19F2N3O6.C10H12N2O4.C9H11FN2O5/c1-13(2,3)25-12(22)24-9-7(6-20)23-10(14(9,15)16)19-5-4-8(17)18-11(19)21;1-6-4-12(10(15)11-9(6)14)8-3-2-7(5-13)16-8;10-4-2-12(9(16)11-8(4)15)7-1-5(14)6(3-13)17-7/h4-5,7,9-10,20H,6H2,1-3H3,(H2,17,18,21);2-4,7-8,13H,5H2,1H3,(H,11,14,15);2,5-7,13-14H,1,3H2,(H,11,15,16). The molecule has 3 aromatic rings. The first-order valence-electron chi connectivity index (χ1n) is 17.2. The van der Waals surface area contributed by atoms with Crippen LogP contribution in [0, 0.1) is 12.7 Å². The zero-order valence-corrected chi connectivity index (χ0v) is 31.2. The molecular weight excluding hydrogens is 791 g/mol. The molecule has 0 bridgehead atoms. The zero-order chi connectivity index (χ0) is 43.3. The predicted molar refractivity (Wildman–Crippen MR) is 189 cm³/mol. The summed E-state index contributed by atoms with van der Waals surface area (Å²) in [5.41, 5.74) is 0.864. The number of nitrogens with zero attached hydrogens (tertiary/aromatic N) is 4. The highest BCUT2D eigenvalue weighted by molar-refractivity contribution is 5.61. The number of carbonyl (C=O) groups is 1. The van der Waals surface area contributed by atoms with Crippen molar-refractivity contribution < 1.29 is 62.1 Å². The van der Waals surface area contributed by atoms with Crippen molar-refractivity contribution in [3.05, 3.63) is 100 Å². The summed E-state index contributed by atoms with van der Waals surface area (Å²) < 4.78 is 70.1. The van der Waals surface area contributed by atoms with Crippen molar-refractivity contribution >= 4 is 12.0 Å². The minimum atomic E-state index is -3.83. The van der Waals surface area contributed by atoms with Crippen LogP contribution in [0.2, 0.25) is 0 Å². The van der Waals surface area contributed by atoms with E-state index in [4.69, 9.17) is 34.9 Å². The lowest BCUT2D eigenvalue weighted by Crippen LogP contribution is -2.45. The summed E-state index contributed by atoms with van der Waals surface area (Å²) in [6.45, 7) is 4.80. The monoisotopic (exact) mass is 833 g/mol. The number of nitrogen functional groups attached to an aromatic ring is 1. The van der Waals surface area contributed by atoms with Gasteiger partial charge in [0.2, 0.25) is 18.1 Å². The van der Waals surface area contributed by atoms with E-state index in [1.165, 1.54) is 31.5 Å². The van der Waals surface area contributed by atoms with Gasteiger partial charge >= 0.3 is 29.1 Å². The van der Waals surface area contributed by atoms with Crippen LogP contribution in [0.5, 0.6) is 0 Å². The highest BCUT2D eigenvalue weighted by atomic mass is 19.3. The minimum absolute atomic E-state index is 0.0383. The quantitative estimate of drug-likeness (QED) is 0.103. The fourth-order valence-electron chi connectivity index (χ4n) is 5.49. The number of ether oxygens (including phenoxy) is 5. The molecular formula is C33H42F3N7O15. The maximum absolute atomic E-state index is 14.7. The summed E-state index contributed by atoms with van der Waals surface area (Å²) in [6.07, 6.45) is -4.28. The highest BCUT2D eigenvalue weighted by Gasteiger charge is 2.62. The van der Waals surface area contributed by atoms with Crippen molar-refractivity contribution in [1.82, 2.24) is 28.7 Å². The minimum Gasteiger partial charge on any atom is -0.429 e. The van der Waals surface area contributed by atoms with E-state index in [1.807, 2.05) is 0 Å². The Labute approximate surface area is 323 Å². The smallest absolute Gasteiger partial charge is 0.429 e. The molecule has 2 saturated heterocycles. The Kier molecular flexibility index (Phi) is 14.4. The van der Waals surface area contributed by atoms with E-state index in [0.717, 1.165) is 23.0 Å². The van der Waals surface area contributed by atoms with Crippen molar-refractivity contribution in [2.45, 2.75) is 94.8 Å². The van der Waals surface area contributed by atoms with Gasteiger partial charge in [-0.2, -0.15) is 18.2 Å². The average molecular weight is 834 g/mol. The van der Waals surface area contributed by atoms with Crippen molar-refractivity contribution in [3.8, 4) is 0 Å². The molecule has 3 aromatic heterocycles. The largest absolute Gasteiger partial charge is 0.509 e. The molecule has 0 amide bonds. The summed E-state index contributed by atoms with van der Waals surface area (Å²) in [6, 6.07) is 1.14. The second-order valence-corrected chi connectivity index (χ2v) is 13.8. The molecule has 22 nitrogen and oxygen atoms in total. The van der Waals surface area contributed by atoms with E-state index >= 15 is 0 Å². The number of aromatic amines is 2. The Hall–Kier alpha value is -5.44. The van der Waals surface area contributed by atoms with E-state index < -0.39 is 114 Å². The lowest BCUT2D eigenvalue weighted by atomic mass is 10.1. The Balaban J connectivity index is 0.000000199. The number of nitrogens with two attached hydrogens (primary N) is 1. The maximum atomic E-state index is 14.7. The Bertz CT molecular complexity index is 2250. The molecule has 0 saturated carbocycles. The van der Waals surface area contributed by atoms with E-state index in [2.05, 4.69) is 14.7 Å². The van der Waals surface area contributed by atoms with Gasteiger partial charge in [0.1, 0.15) is 36.0 Å². The van der Waals surface area contributed by atoms with Gasteiger partial charge < -0.3 is 49.8 Å². The molecule has 58 heavy (non-hydrogen) atoms. The van der Waals surface area contributed by atoms with Crippen molar-refractivity contribution in [1.29, 1.82) is 0 Å². The number of carbonyl (C=O) groups excluding carboxylic acids is 1. The number of aliphatic hydroxyl groups is 4. The number of halogens is 3. The van der Waals surface area contributed by atoms with Gasteiger partial charge in [-0.3, -0.25) is 33.3 Å². The SMILES string of the molecule is CC(C)(C)OC(=O)OC1C(CO)OC(n2ccc(N)nc2=O)C1(F)F.Cc1cn(C2C=CC(CO)O2)c(=O)[nH]c1=O.O=c1[nH]c(=O)n(C2CC(O)C(CO)O2)cc1F. The number of aliphatic hydroxyl groups excluding tert-OH is 4. The first kappa shape index (κ1) is 45.3. The van der Waals surface area contributed by atoms with Crippen LogP contribution < -0.4 is 33.9 Å². The van der Waals surface area contributed by atoms with Crippen LogP contribution in [-0.2, 0) is 23.7 Å². The molecule has 3 aliphatic heterocycles. The fraction of sp³-hybridized carbons (Fsp3) is 0.545. The first-order chi connectivity index (χ1) is 27.1. The van der Waals surface area contributed by atoms with Crippen LogP contribution in [0.4, 0.5) is 23.8 Å². The number of alkyl halides is 2.